The molecule has 0 bridgehead atoms. The van der Waals surface area contributed by atoms with Gasteiger partial charge < -0.3 is 10.6 Å². The summed E-state index contributed by atoms with van der Waals surface area (Å²) in [6.45, 7) is 0. The van der Waals surface area contributed by atoms with E-state index in [1.54, 1.807) is 42.6 Å². The molecule has 0 saturated heterocycles. The van der Waals surface area contributed by atoms with E-state index < -0.39 is 0 Å². The monoisotopic (exact) mass is 364 g/mol. The summed E-state index contributed by atoms with van der Waals surface area (Å²) in [6, 6.07) is 14.2. The van der Waals surface area contributed by atoms with Gasteiger partial charge in [0.1, 0.15) is 5.82 Å². The van der Waals surface area contributed by atoms with Gasteiger partial charge in [-0.2, -0.15) is 4.98 Å². The van der Waals surface area contributed by atoms with Crippen molar-refractivity contribution in [2.75, 3.05) is 10.6 Å². The molecule has 0 unspecified atom stereocenters. The fourth-order valence-corrected chi connectivity index (χ4v) is 2.46. The first-order valence-electron chi connectivity index (χ1n) is 6.68. The predicted octanol–water partition coefficient (Wildman–Crippen LogP) is 5.92. The van der Waals surface area contributed by atoms with Gasteiger partial charge in [0.15, 0.2) is 0 Å². The van der Waals surface area contributed by atoms with Crippen molar-refractivity contribution < 1.29 is 0 Å². The normalized spacial score (nSPS) is 10.4. The summed E-state index contributed by atoms with van der Waals surface area (Å²) in [5.74, 6) is 1.07. The Morgan fingerprint density at radius 2 is 1.52 bits per heavy atom. The zero-order chi connectivity index (χ0) is 16.2. The summed E-state index contributed by atoms with van der Waals surface area (Å²) in [7, 11) is 0. The molecule has 0 aliphatic rings. The van der Waals surface area contributed by atoms with Gasteiger partial charge in [0.2, 0.25) is 5.95 Å². The van der Waals surface area contributed by atoms with Crippen LogP contribution in [0.25, 0.3) is 0 Å². The molecule has 0 spiro atoms. The minimum absolute atomic E-state index is 0.461. The van der Waals surface area contributed by atoms with Gasteiger partial charge in [-0.15, -0.1) is 0 Å². The minimum Gasteiger partial charge on any atom is -0.339 e. The molecule has 4 nitrogen and oxygen atoms in total. The fraction of sp³-hybridized carbons (Fsp3) is 0. The standard InChI is InChI=1S/C16H11Cl3N4/c17-10-1-4-12(5-2-10)21-16-20-8-7-15(23-16)22-14-6-3-11(18)9-13(14)19/h1-9H,(H2,20,21,22,23). The molecule has 3 rings (SSSR count). The Balaban J connectivity index is 1.78. The summed E-state index contributed by atoms with van der Waals surface area (Å²) in [5.41, 5.74) is 1.56. The van der Waals surface area contributed by atoms with Gasteiger partial charge in [-0.3, -0.25) is 0 Å². The zero-order valence-electron chi connectivity index (χ0n) is 11.7. The molecular formula is C16H11Cl3N4. The largest absolute Gasteiger partial charge is 0.339 e. The highest BCUT2D eigenvalue weighted by atomic mass is 35.5. The SMILES string of the molecule is Clc1ccc(Nc2nccc(Nc3ccc(Cl)cc3Cl)n2)cc1. The van der Waals surface area contributed by atoms with E-state index in [1.165, 1.54) is 0 Å². The van der Waals surface area contributed by atoms with Crippen molar-refractivity contribution in [2.45, 2.75) is 0 Å². The Morgan fingerprint density at radius 3 is 2.26 bits per heavy atom. The molecule has 0 fully saturated rings. The van der Waals surface area contributed by atoms with E-state index in [9.17, 15) is 0 Å². The summed E-state index contributed by atoms with van der Waals surface area (Å²) in [5, 5.41) is 8.00. The highest BCUT2D eigenvalue weighted by Gasteiger charge is 2.04. The highest BCUT2D eigenvalue weighted by Crippen LogP contribution is 2.28. The van der Waals surface area contributed by atoms with E-state index >= 15 is 0 Å². The number of nitrogens with zero attached hydrogens (tertiary/aromatic N) is 2. The number of halogens is 3. The number of nitrogens with one attached hydrogen (secondary N) is 2. The number of hydrogen-bond donors (Lipinski definition) is 2. The van der Waals surface area contributed by atoms with Crippen LogP contribution in [-0.4, -0.2) is 9.97 Å². The first-order valence-corrected chi connectivity index (χ1v) is 7.81. The van der Waals surface area contributed by atoms with Crippen molar-refractivity contribution >= 4 is 57.9 Å². The molecule has 0 amide bonds. The summed E-state index contributed by atoms with van der Waals surface area (Å²) < 4.78 is 0. The van der Waals surface area contributed by atoms with E-state index in [0.717, 1.165) is 5.69 Å². The van der Waals surface area contributed by atoms with E-state index in [0.29, 0.717) is 32.5 Å². The number of rotatable bonds is 4. The first-order chi connectivity index (χ1) is 11.1. The molecule has 0 atom stereocenters. The van der Waals surface area contributed by atoms with Crippen molar-refractivity contribution in [1.29, 1.82) is 0 Å². The number of aromatic nitrogens is 2. The fourth-order valence-electron chi connectivity index (χ4n) is 1.88. The third-order valence-electron chi connectivity index (χ3n) is 2.95. The topological polar surface area (TPSA) is 49.8 Å². The van der Waals surface area contributed by atoms with Crippen LogP contribution >= 0.6 is 34.8 Å². The highest BCUT2D eigenvalue weighted by molar-refractivity contribution is 6.36. The summed E-state index contributed by atoms with van der Waals surface area (Å²) in [6.07, 6.45) is 1.65. The molecule has 116 valence electrons. The van der Waals surface area contributed by atoms with Crippen LogP contribution in [0.2, 0.25) is 15.1 Å². The first kappa shape index (κ1) is 15.9. The maximum Gasteiger partial charge on any atom is 0.229 e. The maximum absolute atomic E-state index is 6.15. The average Bonchev–Trinajstić information content (AvgIpc) is 2.53. The molecule has 7 heteroatoms. The van der Waals surface area contributed by atoms with Gasteiger partial charge in [-0.1, -0.05) is 34.8 Å². The lowest BCUT2D eigenvalue weighted by Gasteiger charge is -2.10. The van der Waals surface area contributed by atoms with Crippen molar-refractivity contribution in [3.8, 4) is 0 Å². The Bertz CT molecular complexity index is 822. The minimum atomic E-state index is 0.461. The van der Waals surface area contributed by atoms with Crippen LogP contribution in [0.1, 0.15) is 0 Å². The molecule has 2 aromatic carbocycles. The summed E-state index contributed by atoms with van der Waals surface area (Å²) >= 11 is 17.9. The number of anilines is 4. The lowest BCUT2D eigenvalue weighted by atomic mass is 10.3. The zero-order valence-corrected chi connectivity index (χ0v) is 14.0. The predicted molar refractivity (Wildman–Crippen MR) is 96.5 cm³/mol. The van der Waals surface area contributed by atoms with Crippen LogP contribution in [-0.2, 0) is 0 Å². The second-order valence-corrected chi connectivity index (χ2v) is 5.93. The molecule has 0 aliphatic carbocycles. The molecule has 0 radical (unpaired) electrons. The third kappa shape index (κ3) is 4.26. The van der Waals surface area contributed by atoms with Crippen LogP contribution in [0.15, 0.2) is 54.7 Å². The molecular weight excluding hydrogens is 355 g/mol. The number of benzene rings is 2. The van der Waals surface area contributed by atoms with Gasteiger partial charge in [0.05, 0.1) is 10.7 Å². The van der Waals surface area contributed by atoms with Crippen molar-refractivity contribution in [3.63, 3.8) is 0 Å². The van der Waals surface area contributed by atoms with Crippen molar-refractivity contribution in [1.82, 2.24) is 9.97 Å². The van der Waals surface area contributed by atoms with E-state index in [1.807, 2.05) is 12.1 Å². The van der Waals surface area contributed by atoms with E-state index in [4.69, 9.17) is 34.8 Å². The molecule has 3 aromatic rings. The molecule has 23 heavy (non-hydrogen) atoms. The van der Waals surface area contributed by atoms with Crippen LogP contribution < -0.4 is 10.6 Å². The third-order valence-corrected chi connectivity index (χ3v) is 3.75. The van der Waals surface area contributed by atoms with Gasteiger partial charge in [0, 0.05) is 21.9 Å². The molecule has 1 heterocycles. The Hall–Kier alpha value is -2.01. The van der Waals surface area contributed by atoms with Gasteiger partial charge in [0.25, 0.3) is 0 Å². The van der Waals surface area contributed by atoms with E-state index in [2.05, 4.69) is 20.6 Å². The average molecular weight is 366 g/mol. The summed E-state index contributed by atoms with van der Waals surface area (Å²) in [4.78, 5) is 8.58. The van der Waals surface area contributed by atoms with Gasteiger partial charge >= 0.3 is 0 Å². The lowest BCUT2D eigenvalue weighted by molar-refractivity contribution is 1.17. The smallest absolute Gasteiger partial charge is 0.229 e. The van der Waals surface area contributed by atoms with Crippen molar-refractivity contribution in [3.05, 3.63) is 69.8 Å². The maximum atomic E-state index is 6.15. The van der Waals surface area contributed by atoms with E-state index in [-0.39, 0.29) is 0 Å². The van der Waals surface area contributed by atoms with Crippen LogP contribution in [0.3, 0.4) is 0 Å². The lowest BCUT2D eigenvalue weighted by Crippen LogP contribution is -2.00. The van der Waals surface area contributed by atoms with Crippen LogP contribution in [0.4, 0.5) is 23.1 Å². The molecule has 0 saturated carbocycles. The van der Waals surface area contributed by atoms with Gasteiger partial charge in [-0.05, 0) is 48.5 Å². The Kier molecular flexibility index (Phi) is 4.86. The quantitative estimate of drug-likeness (QED) is 0.602. The van der Waals surface area contributed by atoms with Gasteiger partial charge in [-0.25, -0.2) is 4.98 Å². The molecule has 2 N–H and O–H groups in total. The Labute approximate surface area is 148 Å². The second kappa shape index (κ2) is 7.04. The molecule has 0 aliphatic heterocycles. The van der Waals surface area contributed by atoms with Crippen LogP contribution in [0.5, 0.6) is 0 Å². The molecule has 1 aromatic heterocycles. The second-order valence-electron chi connectivity index (χ2n) is 4.65. The van der Waals surface area contributed by atoms with Crippen molar-refractivity contribution in [2.24, 2.45) is 0 Å². The number of hydrogen-bond acceptors (Lipinski definition) is 4. The Morgan fingerprint density at radius 1 is 0.783 bits per heavy atom. The van der Waals surface area contributed by atoms with Crippen LogP contribution in [0, 0.1) is 0 Å².